The Morgan fingerprint density at radius 2 is 2.14 bits per heavy atom. The zero-order valence-corrected chi connectivity index (χ0v) is 15.2. The van der Waals surface area contributed by atoms with Gasteiger partial charge in [0, 0.05) is 23.7 Å². The van der Waals surface area contributed by atoms with E-state index in [-0.39, 0.29) is 17.6 Å². The number of nitrogens with zero attached hydrogens (tertiary/aromatic N) is 3. The highest BCUT2D eigenvalue weighted by atomic mass is 19.1. The molecule has 28 heavy (non-hydrogen) atoms. The maximum Gasteiger partial charge on any atom is 0.272 e. The van der Waals surface area contributed by atoms with Crippen LogP contribution in [0, 0.1) is 17.6 Å². The first-order valence-corrected chi connectivity index (χ1v) is 9.32. The molecule has 142 valence electrons. The summed E-state index contributed by atoms with van der Waals surface area (Å²) in [6, 6.07) is 8.65. The highest BCUT2D eigenvalue weighted by Crippen LogP contribution is 2.57. The Morgan fingerprint density at radius 3 is 2.89 bits per heavy atom. The number of pyridine rings is 1. The molecule has 0 saturated heterocycles. The molecule has 5 nitrogen and oxygen atoms in total. The van der Waals surface area contributed by atoms with E-state index in [2.05, 4.69) is 15.4 Å². The summed E-state index contributed by atoms with van der Waals surface area (Å²) in [4.78, 5) is 17.2. The second kappa shape index (κ2) is 6.22. The number of aromatic nitrogens is 3. The topological polar surface area (TPSA) is 59.8 Å². The smallest absolute Gasteiger partial charge is 0.272 e. The van der Waals surface area contributed by atoms with E-state index in [4.69, 9.17) is 0 Å². The third-order valence-corrected chi connectivity index (χ3v) is 5.60. The summed E-state index contributed by atoms with van der Waals surface area (Å²) in [6.45, 7) is 1.86. The molecule has 5 rings (SSSR count). The van der Waals surface area contributed by atoms with Crippen LogP contribution in [0.3, 0.4) is 0 Å². The SMILES string of the molecule is C[C@@H](NC(=O)c1nn(-c2ccc(F)cc2F)c2c1C[C@H]1C[C@@H]21)c1ccccn1. The highest BCUT2D eigenvalue weighted by Gasteiger charge is 2.50. The van der Waals surface area contributed by atoms with Crippen LogP contribution in [0.5, 0.6) is 0 Å². The molecule has 0 unspecified atom stereocenters. The quantitative estimate of drug-likeness (QED) is 0.751. The lowest BCUT2D eigenvalue weighted by Crippen LogP contribution is -2.28. The standard InChI is InChI=1S/C21H18F2N4O/c1-11(17-4-2-3-7-24-17)25-21(28)19-15-9-12-8-14(12)20(15)27(26-19)18-6-5-13(22)10-16(18)23/h2-7,10-12,14H,8-9H2,1H3,(H,25,28)/t11-,12-,14-/m1/s1. The normalized spacial score (nSPS) is 20.4. The van der Waals surface area contributed by atoms with Gasteiger partial charge in [0.2, 0.25) is 0 Å². The Morgan fingerprint density at radius 1 is 1.29 bits per heavy atom. The van der Waals surface area contributed by atoms with Crippen molar-refractivity contribution >= 4 is 5.91 Å². The summed E-state index contributed by atoms with van der Waals surface area (Å²) in [7, 11) is 0. The molecular weight excluding hydrogens is 362 g/mol. The molecule has 0 bridgehead atoms. The third kappa shape index (κ3) is 2.69. The Balaban J connectivity index is 1.51. The van der Waals surface area contributed by atoms with E-state index in [0.29, 0.717) is 17.5 Å². The van der Waals surface area contributed by atoms with Gasteiger partial charge in [-0.2, -0.15) is 5.10 Å². The molecule has 0 spiro atoms. The van der Waals surface area contributed by atoms with Gasteiger partial charge >= 0.3 is 0 Å². The van der Waals surface area contributed by atoms with Gasteiger partial charge in [-0.05, 0) is 49.9 Å². The third-order valence-electron chi connectivity index (χ3n) is 5.60. The summed E-state index contributed by atoms with van der Waals surface area (Å²) in [5.41, 5.74) is 2.98. The molecule has 1 aromatic carbocycles. The molecular formula is C21H18F2N4O. The van der Waals surface area contributed by atoms with Crippen molar-refractivity contribution in [3.8, 4) is 5.69 Å². The first kappa shape index (κ1) is 17.0. The van der Waals surface area contributed by atoms with Crippen molar-refractivity contribution in [3.63, 3.8) is 0 Å². The van der Waals surface area contributed by atoms with Crippen LogP contribution >= 0.6 is 0 Å². The van der Waals surface area contributed by atoms with Gasteiger partial charge < -0.3 is 5.32 Å². The minimum Gasteiger partial charge on any atom is -0.343 e. The second-order valence-corrected chi connectivity index (χ2v) is 7.48. The maximum absolute atomic E-state index is 14.4. The Bertz CT molecular complexity index is 1080. The number of rotatable bonds is 4. The summed E-state index contributed by atoms with van der Waals surface area (Å²) < 4.78 is 29.2. The maximum atomic E-state index is 14.4. The molecule has 0 radical (unpaired) electrons. The van der Waals surface area contributed by atoms with E-state index >= 15 is 0 Å². The van der Waals surface area contributed by atoms with Gasteiger partial charge in [0.25, 0.3) is 5.91 Å². The lowest BCUT2D eigenvalue weighted by Gasteiger charge is -2.12. The Labute approximate surface area is 160 Å². The van der Waals surface area contributed by atoms with Gasteiger partial charge in [0.05, 0.1) is 17.4 Å². The van der Waals surface area contributed by atoms with Gasteiger partial charge in [-0.3, -0.25) is 9.78 Å². The van der Waals surface area contributed by atoms with Crippen LogP contribution in [-0.4, -0.2) is 20.7 Å². The van der Waals surface area contributed by atoms with Gasteiger partial charge in [-0.15, -0.1) is 0 Å². The predicted octanol–water partition coefficient (Wildman–Crippen LogP) is 3.70. The van der Waals surface area contributed by atoms with Gasteiger partial charge in [-0.25, -0.2) is 13.5 Å². The molecule has 2 aromatic heterocycles. The van der Waals surface area contributed by atoms with Crippen LogP contribution in [0.15, 0.2) is 42.6 Å². The van der Waals surface area contributed by atoms with Crippen molar-refractivity contribution in [1.29, 1.82) is 0 Å². The molecule has 2 aliphatic carbocycles. The number of carbonyl (C=O) groups is 1. The van der Waals surface area contributed by atoms with Gasteiger partial charge in [0.1, 0.15) is 11.5 Å². The lowest BCUT2D eigenvalue weighted by molar-refractivity contribution is 0.0932. The van der Waals surface area contributed by atoms with Crippen LogP contribution in [-0.2, 0) is 6.42 Å². The number of fused-ring (bicyclic) bond motifs is 3. The van der Waals surface area contributed by atoms with Crippen molar-refractivity contribution in [2.45, 2.75) is 31.7 Å². The van der Waals surface area contributed by atoms with Crippen molar-refractivity contribution in [3.05, 3.63) is 76.9 Å². The van der Waals surface area contributed by atoms with Crippen molar-refractivity contribution in [1.82, 2.24) is 20.1 Å². The van der Waals surface area contributed by atoms with Gasteiger partial charge in [0.15, 0.2) is 11.5 Å². The summed E-state index contributed by atoms with van der Waals surface area (Å²) >= 11 is 0. The molecule has 2 aliphatic rings. The number of halogens is 2. The minimum atomic E-state index is -0.691. The average Bonchev–Trinajstić information content (AvgIpc) is 3.18. The van der Waals surface area contributed by atoms with Crippen molar-refractivity contribution in [2.75, 3.05) is 0 Å². The number of nitrogens with one attached hydrogen (secondary N) is 1. The molecule has 1 saturated carbocycles. The zero-order valence-electron chi connectivity index (χ0n) is 15.2. The molecule has 1 amide bonds. The van der Waals surface area contributed by atoms with E-state index in [1.807, 2.05) is 25.1 Å². The van der Waals surface area contributed by atoms with Crippen LogP contribution in [0.1, 0.15) is 52.7 Å². The zero-order chi connectivity index (χ0) is 19.4. The first-order valence-electron chi connectivity index (χ1n) is 9.32. The average molecular weight is 380 g/mol. The Kier molecular flexibility index (Phi) is 3.79. The summed E-state index contributed by atoms with van der Waals surface area (Å²) in [5.74, 6) is -0.860. The van der Waals surface area contributed by atoms with Crippen LogP contribution in [0.2, 0.25) is 0 Å². The number of hydrogen-bond donors (Lipinski definition) is 1. The Hall–Kier alpha value is -3.09. The van der Waals surface area contributed by atoms with Crippen LogP contribution in [0.4, 0.5) is 8.78 Å². The van der Waals surface area contributed by atoms with Crippen LogP contribution < -0.4 is 5.32 Å². The van der Waals surface area contributed by atoms with E-state index in [1.165, 1.54) is 16.8 Å². The number of benzene rings is 1. The second-order valence-electron chi connectivity index (χ2n) is 7.48. The highest BCUT2D eigenvalue weighted by molar-refractivity contribution is 5.94. The number of amides is 1. The van der Waals surface area contributed by atoms with Crippen LogP contribution in [0.25, 0.3) is 5.69 Å². The summed E-state index contributed by atoms with van der Waals surface area (Å²) in [6.07, 6.45) is 3.46. The fraction of sp³-hybridized carbons (Fsp3) is 0.286. The van der Waals surface area contributed by atoms with Crippen molar-refractivity contribution in [2.24, 2.45) is 5.92 Å². The molecule has 1 fully saturated rings. The molecule has 1 N–H and O–H groups in total. The van der Waals surface area contributed by atoms with Gasteiger partial charge in [-0.1, -0.05) is 6.07 Å². The number of hydrogen-bond acceptors (Lipinski definition) is 3. The monoisotopic (exact) mass is 380 g/mol. The molecule has 7 heteroatoms. The van der Waals surface area contributed by atoms with E-state index < -0.39 is 11.6 Å². The molecule has 3 aromatic rings. The lowest BCUT2D eigenvalue weighted by atomic mass is 10.1. The largest absolute Gasteiger partial charge is 0.343 e. The fourth-order valence-corrected chi connectivity index (χ4v) is 4.11. The van der Waals surface area contributed by atoms with E-state index in [9.17, 15) is 13.6 Å². The van der Waals surface area contributed by atoms with Crippen molar-refractivity contribution < 1.29 is 13.6 Å². The minimum absolute atomic E-state index is 0.169. The number of carbonyl (C=O) groups excluding carboxylic acids is 1. The molecule has 2 heterocycles. The summed E-state index contributed by atoms with van der Waals surface area (Å²) in [5, 5.41) is 7.37. The molecule has 3 atom stereocenters. The van der Waals surface area contributed by atoms with E-state index in [0.717, 1.165) is 35.9 Å². The molecule has 0 aliphatic heterocycles. The predicted molar refractivity (Wildman–Crippen MR) is 98.2 cm³/mol. The fourth-order valence-electron chi connectivity index (χ4n) is 4.11. The first-order chi connectivity index (χ1) is 13.5. The van der Waals surface area contributed by atoms with E-state index in [1.54, 1.807) is 6.20 Å².